The van der Waals surface area contributed by atoms with Crippen LogP contribution in [0.1, 0.15) is 47.0 Å². The molecule has 2 rings (SSSR count). The zero-order valence-electron chi connectivity index (χ0n) is 13.0. The largest absolute Gasteiger partial charge is 0.339 e. The molecular weight excluding hydrogens is 260 g/mol. The Balaban J connectivity index is 0.00000180. The highest BCUT2D eigenvalue weighted by Gasteiger charge is 2.51. The molecule has 1 N–H and O–H groups in total. The highest BCUT2D eigenvalue weighted by molar-refractivity contribution is 5.85. The van der Waals surface area contributed by atoms with E-state index in [0.29, 0.717) is 22.8 Å². The van der Waals surface area contributed by atoms with Gasteiger partial charge in [0.05, 0.1) is 0 Å². The summed E-state index contributed by atoms with van der Waals surface area (Å²) in [6, 6.07) is 0.477. The summed E-state index contributed by atoms with van der Waals surface area (Å²) in [6.07, 6.45) is 3.62. The van der Waals surface area contributed by atoms with Crippen LogP contribution in [0.2, 0.25) is 0 Å². The van der Waals surface area contributed by atoms with E-state index in [9.17, 15) is 4.79 Å². The van der Waals surface area contributed by atoms with E-state index in [2.05, 4.69) is 31.0 Å². The highest BCUT2D eigenvalue weighted by atomic mass is 35.5. The van der Waals surface area contributed by atoms with Gasteiger partial charge in [-0.2, -0.15) is 0 Å². The lowest BCUT2D eigenvalue weighted by Crippen LogP contribution is -2.42. The average molecular weight is 289 g/mol. The number of nitrogens with one attached hydrogen (secondary N) is 1. The fourth-order valence-corrected chi connectivity index (χ4v) is 4.39. The van der Waals surface area contributed by atoms with Crippen LogP contribution in [0, 0.1) is 16.7 Å². The molecule has 1 amide bonds. The van der Waals surface area contributed by atoms with Crippen LogP contribution in [0.25, 0.3) is 0 Å². The van der Waals surface area contributed by atoms with Gasteiger partial charge in [0.1, 0.15) is 0 Å². The van der Waals surface area contributed by atoms with Crippen molar-refractivity contribution in [2.75, 3.05) is 20.1 Å². The molecule has 0 radical (unpaired) electrons. The van der Waals surface area contributed by atoms with Crippen LogP contribution >= 0.6 is 12.4 Å². The number of hydrogen-bond acceptors (Lipinski definition) is 2. The van der Waals surface area contributed by atoms with E-state index in [-0.39, 0.29) is 18.3 Å². The van der Waals surface area contributed by atoms with E-state index in [4.69, 9.17) is 0 Å². The molecule has 0 aromatic carbocycles. The molecule has 3 nitrogen and oxygen atoms in total. The summed E-state index contributed by atoms with van der Waals surface area (Å²) in [4.78, 5) is 14.7. The number of amides is 1. The number of rotatable bonds is 3. The van der Waals surface area contributed by atoms with Gasteiger partial charge in [0, 0.05) is 25.0 Å². The monoisotopic (exact) mass is 288 g/mol. The number of fused-ring (bicyclic) bond motifs is 2. The molecule has 3 atom stereocenters. The molecule has 3 unspecified atom stereocenters. The first-order chi connectivity index (χ1) is 8.26. The maximum absolute atomic E-state index is 12.5. The van der Waals surface area contributed by atoms with Gasteiger partial charge in [0.15, 0.2) is 0 Å². The molecule has 1 heterocycles. The second-order valence-electron chi connectivity index (χ2n) is 7.64. The van der Waals surface area contributed by atoms with Gasteiger partial charge in [-0.3, -0.25) is 4.79 Å². The minimum Gasteiger partial charge on any atom is -0.339 e. The Morgan fingerprint density at radius 1 is 1.37 bits per heavy atom. The van der Waals surface area contributed by atoms with E-state index in [1.165, 1.54) is 19.3 Å². The summed E-state index contributed by atoms with van der Waals surface area (Å²) in [7, 11) is 1.91. The number of carbonyl (C=O) groups is 1. The van der Waals surface area contributed by atoms with Crippen LogP contribution in [0.3, 0.4) is 0 Å². The fraction of sp³-hybridized carbons (Fsp3) is 0.933. The van der Waals surface area contributed by atoms with Crippen molar-refractivity contribution in [1.82, 2.24) is 10.2 Å². The van der Waals surface area contributed by atoms with Crippen molar-refractivity contribution in [2.24, 2.45) is 16.7 Å². The number of halogens is 1. The maximum Gasteiger partial charge on any atom is 0.226 e. The van der Waals surface area contributed by atoms with Crippen LogP contribution in [0.5, 0.6) is 0 Å². The number of hydrogen-bond donors (Lipinski definition) is 1. The molecule has 1 aliphatic carbocycles. The lowest BCUT2D eigenvalue weighted by atomic mass is 9.65. The molecule has 0 spiro atoms. The standard InChI is InChI=1S/C15H28N2O.ClH/c1-11(8-16-5)13(18)17-10-15(4)7-12(17)6-14(2,3)9-15;/h11-12,16H,6-10H2,1-5H3;1H. The van der Waals surface area contributed by atoms with E-state index in [1.807, 2.05) is 14.0 Å². The Kier molecular flexibility index (Phi) is 4.95. The molecule has 2 bridgehead atoms. The summed E-state index contributed by atoms with van der Waals surface area (Å²) in [5.74, 6) is 0.442. The third-order valence-corrected chi connectivity index (χ3v) is 4.63. The van der Waals surface area contributed by atoms with Gasteiger partial charge in [0.25, 0.3) is 0 Å². The topological polar surface area (TPSA) is 32.3 Å². The zero-order chi connectivity index (χ0) is 13.6. The van der Waals surface area contributed by atoms with Crippen LogP contribution in [-0.4, -0.2) is 37.0 Å². The Labute approximate surface area is 123 Å². The Morgan fingerprint density at radius 3 is 2.58 bits per heavy atom. The molecule has 19 heavy (non-hydrogen) atoms. The predicted octanol–water partition coefficient (Wildman–Crippen LogP) is 2.69. The van der Waals surface area contributed by atoms with Crippen molar-refractivity contribution in [3.63, 3.8) is 0 Å². The molecule has 112 valence electrons. The van der Waals surface area contributed by atoms with Crippen LogP contribution < -0.4 is 5.32 Å². The van der Waals surface area contributed by atoms with E-state index >= 15 is 0 Å². The number of carbonyl (C=O) groups excluding carboxylic acids is 1. The van der Waals surface area contributed by atoms with Gasteiger partial charge < -0.3 is 10.2 Å². The SMILES string of the molecule is CNCC(C)C(=O)N1CC2(C)CC1CC(C)(C)C2.Cl. The first kappa shape index (κ1) is 16.8. The third kappa shape index (κ3) is 3.43. The summed E-state index contributed by atoms with van der Waals surface area (Å²) in [6.45, 7) is 10.8. The van der Waals surface area contributed by atoms with Crippen LogP contribution in [0.4, 0.5) is 0 Å². The third-order valence-electron chi connectivity index (χ3n) is 4.63. The molecular formula is C15H29ClN2O. The lowest BCUT2D eigenvalue weighted by Gasteiger charge is -2.39. The van der Waals surface area contributed by atoms with E-state index in [1.54, 1.807) is 0 Å². The molecule has 4 heteroatoms. The molecule has 2 fully saturated rings. The molecule has 1 saturated carbocycles. The van der Waals surface area contributed by atoms with E-state index < -0.39 is 0 Å². The summed E-state index contributed by atoms with van der Waals surface area (Å²) in [5, 5.41) is 3.11. The van der Waals surface area contributed by atoms with Crippen LogP contribution in [0.15, 0.2) is 0 Å². The van der Waals surface area contributed by atoms with Crippen molar-refractivity contribution in [3.8, 4) is 0 Å². The molecule has 0 aromatic heterocycles. The second-order valence-corrected chi connectivity index (χ2v) is 7.64. The van der Waals surface area contributed by atoms with E-state index in [0.717, 1.165) is 13.1 Å². The van der Waals surface area contributed by atoms with Crippen molar-refractivity contribution in [2.45, 2.75) is 53.0 Å². The highest BCUT2D eigenvalue weighted by Crippen LogP contribution is 2.52. The molecule has 1 aliphatic heterocycles. The van der Waals surface area contributed by atoms with Crippen molar-refractivity contribution >= 4 is 18.3 Å². The van der Waals surface area contributed by atoms with Gasteiger partial charge in [-0.05, 0) is 37.1 Å². The smallest absolute Gasteiger partial charge is 0.226 e. The van der Waals surface area contributed by atoms with Crippen molar-refractivity contribution in [1.29, 1.82) is 0 Å². The minimum atomic E-state index is 0. The van der Waals surface area contributed by atoms with Gasteiger partial charge in [-0.15, -0.1) is 12.4 Å². The predicted molar refractivity (Wildman–Crippen MR) is 81.6 cm³/mol. The van der Waals surface area contributed by atoms with Gasteiger partial charge in [0.2, 0.25) is 5.91 Å². The quantitative estimate of drug-likeness (QED) is 0.866. The Morgan fingerprint density at radius 2 is 2.00 bits per heavy atom. The van der Waals surface area contributed by atoms with Gasteiger partial charge in [-0.1, -0.05) is 27.7 Å². The van der Waals surface area contributed by atoms with Gasteiger partial charge in [-0.25, -0.2) is 0 Å². The zero-order valence-corrected chi connectivity index (χ0v) is 13.8. The molecule has 0 aromatic rings. The van der Waals surface area contributed by atoms with Gasteiger partial charge >= 0.3 is 0 Å². The first-order valence-electron chi connectivity index (χ1n) is 7.21. The van der Waals surface area contributed by atoms with Crippen molar-refractivity contribution < 1.29 is 4.79 Å². The first-order valence-corrected chi connectivity index (χ1v) is 7.21. The summed E-state index contributed by atoms with van der Waals surface area (Å²) >= 11 is 0. The van der Waals surface area contributed by atoms with Crippen LogP contribution in [-0.2, 0) is 4.79 Å². The summed E-state index contributed by atoms with van der Waals surface area (Å²) < 4.78 is 0. The Bertz CT molecular complexity index is 345. The molecule has 1 saturated heterocycles. The van der Waals surface area contributed by atoms with Crippen molar-refractivity contribution in [3.05, 3.63) is 0 Å². The number of nitrogens with zero attached hydrogens (tertiary/aromatic N) is 1. The normalized spacial score (nSPS) is 33.7. The summed E-state index contributed by atoms with van der Waals surface area (Å²) in [5.41, 5.74) is 0.736. The maximum atomic E-state index is 12.5. The minimum absolute atomic E-state index is 0. The lowest BCUT2D eigenvalue weighted by molar-refractivity contribution is -0.136. The second kappa shape index (κ2) is 5.61. The Hall–Kier alpha value is -0.280. The fourth-order valence-electron chi connectivity index (χ4n) is 4.39. The average Bonchev–Trinajstić information content (AvgIpc) is 2.47. The molecule has 2 aliphatic rings. The number of likely N-dealkylation sites (tertiary alicyclic amines) is 1.